The van der Waals surface area contributed by atoms with Crippen LogP contribution in [0.2, 0.25) is 5.02 Å². The third-order valence-corrected chi connectivity index (χ3v) is 4.23. The van der Waals surface area contributed by atoms with E-state index < -0.39 is 5.97 Å². The van der Waals surface area contributed by atoms with Crippen molar-refractivity contribution >= 4 is 29.3 Å². The summed E-state index contributed by atoms with van der Waals surface area (Å²) in [5.74, 6) is -0.699. The highest BCUT2D eigenvalue weighted by atomic mass is 35.5. The maximum absolute atomic E-state index is 12.5. The molecule has 0 saturated heterocycles. The van der Waals surface area contributed by atoms with E-state index >= 15 is 0 Å². The van der Waals surface area contributed by atoms with Crippen molar-refractivity contribution in [3.63, 3.8) is 0 Å². The van der Waals surface area contributed by atoms with Gasteiger partial charge in [-0.15, -0.1) is 0 Å². The van der Waals surface area contributed by atoms with Crippen LogP contribution >= 0.6 is 11.6 Å². The molecule has 9 heteroatoms. The Balaban J connectivity index is 1.91. The molecule has 2 heterocycles. The van der Waals surface area contributed by atoms with E-state index in [1.54, 1.807) is 13.8 Å². The Labute approximate surface area is 160 Å². The van der Waals surface area contributed by atoms with Gasteiger partial charge in [-0.2, -0.15) is 10.2 Å². The van der Waals surface area contributed by atoms with Gasteiger partial charge in [-0.1, -0.05) is 29.8 Å². The normalized spacial score (nSPS) is 10.6. The van der Waals surface area contributed by atoms with Gasteiger partial charge in [0.2, 0.25) is 5.91 Å². The number of hydrogen-bond donors (Lipinski definition) is 1. The molecule has 1 aromatic carbocycles. The average Bonchev–Trinajstić information content (AvgIpc) is 3.21. The second kappa shape index (κ2) is 8.05. The summed E-state index contributed by atoms with van der Waals surface area (Å²) in [5.41, 5.74) is 1.54. The van der Waals surface area contributed by atoms with Crippen molar-refractivity contribution in [2.45, 2.75) is 20.4 Å². The smallest absolute Gasteiger partial charge is 0.343 e. The minimum absolute atomic E-state index is 0.0548. The van der Waals surface area contributed by atoms with Crippen molar-refractivity contribution in [2.24, 2.45) is 0 Å². The van der Waals surface area contributed by atoms with E-state index in [4.69, 9.17) is 16.3 Å². The van der Waals surface area contributed by atoms with Crippen LogP contribution in [0.1, 0.15) is 23.0 Å². The predicted octanol–water partition coefficient (Wildman–Crippen LogP) is 2.85. The summed E-state index contributed by atoms with van der Waals surface area (Å²) < 4.78 is 8.02. The fraction of sp³-hybridized carbons (Fsp3) is 0.222. The Morgan fingerprint density at radius 3 is 2.56 bits per heavy atom. The van der Waals surface area contributed by atoms with Gasteiger partial charge < -0.3 is 10.1 Å². The summed E-state index contributed by atoms with van der Waals surface area (Å²) in [7, 11) is 0. The van der Waals surface area contributed by atoms with Crippen molar-refractivity contribution < 1.29 is 14.3 Å². The number of benzene rings is 1. The molecule has 0 radical (unpaired) electrons. The summed E-state index contributed by atoms with van der Waals surface area (Å²) in [6.45, 7) is 3.64. The van der Waals surface area contributed by atoms with Gasteiger partial charge in [0.15, 0.2) is 5.82 Å². The van der Waals surface area contributed by atoms with Crippen LogP contribution in [-0.2, 0) is 16.1 Å². The molecule has 0 fully saturated rings. The number of hydrogen-bond acceptors (Lipinski definition) is 5. The number of carbonyl (C=O) groups is 2. The maximum Gasteiger partial charge on any atom is 0.343 e. The van der Waals surface area contributed by atoms with E-state index in [1.165, 1.54) is 21.8 Å². The lowest BCUT2D eigenvalue weighted by molar-refractivity contribution is -0.117. The number of para-hydroxylation sites is 1. The Kier molecular flexibility index (Phi) is 5.56. The molecule has 0 unspecified atom stereocenters. The predicted molar refractivity (Wildman–Crippen MR) is 100 cm³/mol. The molecule has 0 atom stereocenters. The van der Waals surface area contributed by atoms with Gasteiger partial charge in [0.1, 0.15) is 12.1 Å². The van der Waals surface area contributed by atoms with Gasteiger partial charge in [-0.3, -0.25) is 9.48 Å². The summed E-state index contributed by atoms with van der Waals surface area (Å²) in [4.78, 5) is 24.8. The lowest BCUT2D eigenvalue weighted by Crippen LogP contribution is -2.23. The number of nitrogens with one attached hydrogen (secondary N) is 1. The highest BCUT2D eigenvalue weighted by Crippen LogP contribution is 2.21. The number of rotatable bonds is 6. The zero-order chi connectivity index (χ0) is 19.4. The number of esters is 1. The second-order valence-electron chi connectivity index (χ2n) is 5.66. The van der Waals surface area contributed by atoms with Crippen LogP contribution in [0.3, 0.4) is 0 Å². The van der Waals surface area contributed by atoms with E-state index in [0.29, 0.717) is 16.4 Å². The van der Waals surface area contributed by atoms with Crippen LogP contribution in [0.5, 0.6) is 0 Å². The van der Waals surface area contributed by atoms with E-state index in [2.05, 4.69) is 15.5 Å². The quantitative estimate of drug-likeness (QED) is 0.657. The zero-order valence-corrected chi connectivity index (χ0v) is 15.6. The van der Waals surface area contributed by atoms with Gasteiger partial charge in [0.25, 0.3) is 0 Å². The van der Waals surface area contributed by atoms with Gasteiger partial charge in [-0.05, 0) is 26.0 Å². The summed E-state index contributed by atoms with van der Waals surface area (Å²) >= 11 is 5.97. The lowest BCUT2D eigenvalue weighted by atomic mass is 10.3. The Bertz CT molecular complexity index is 965. The number of ether oxygens (including phenoxy) is 1. The molecule has 0 saturated carbocycles. The number of carbonyl (C=O) groups excluding carboxylic acids is 2. The molecule has 3 rings (SSSR count). The van der Waals surface area contributed by atoms with E-state index in [-0.39, 0.29) is 30.4 Å². The molecule has 2 aromatic heterocycles. The van der Waals surface area contributed by atoms with Gasteiger partial charge >= 0.3 is 5.97 Å². The molecule has 1 amide bonds. The van der Waals surface area contributed by atoms with Gasteiger partial charge in [0, 0.05) is 0 Å². The number of nitrogens with zero attached hydrogens (tertiary/aromatic N) is 4. The van der Waals surface area contributed by atoms with Crippen molar-refractivity contribution in [1.29, 1.82) is 0 Å². The number of anilines is 1. The molecular weight excluding hydrogens is 370 g/mol. The van der Waals surface area contributed by atoms with Crippen molar-refractivity contribution in [1.82, 2.24) is 19.6 Å². The first kappa shape index (κ1) is 18.7. The number of halogens is 1. The zero-order valence-electron chi connectivity index (χ0n) is 14.8. The molecule has 8 nitrogen and oxygen atoms in total. The van der Waals surface area contributed by atoms with E-state index in [1.807, 2.05) is 30.3 Å². The Morgan fingerprint density at radius 2 is 1.93 bits per heavy atom. The second-order valence-corrected chi connectivity index (χ2v) is 6.07. The SMILES string of the molecule is CCOC(=O)c1cnn(-c2ccccc2)c1NC(=O)Cn1ncc(Cl)c1C. The topological polar surface area (TPSA) is 91.0 Å². The molecule has 0 aliphatic heterocycles. The van der Waals surface area contributed by atoms with Crippen molar-refractivity contribution in [3.05, 3.63) is 59.0 Å². The summed E-state index contributed by atoms with van der Waals surface area (Å²) in [6, 6.07) is 9.16. The molecule has 0 spiro atoms. The largest absolute Gasteiger partial charge is 0.462 e. The first-order valence-corrected chi connectivity index (χ1v) is 8.67. The number of amides is 1. The monoisotopic (exact) mass is 387 g/mol. The number of aromatic nitrogens is 4. The molecule has 0 aliphatic rings. The molecule has 140 valence electrons. The third-order valence-electron chi connectivity index (χ3n) is 3.86. The molecule has 1 N–H and O–H groups in total. The van der Waals surface area contributed by atoms with Crippen molar-refractivity contribution in [2.75, 3.05) is 11.9 Å². The van der Waals surface area contributed by atoms with E-state index in [0.717, 1.165) is 0 Å². The fourth-order valence-corrected chi connectivity index (χ4v) is 2.62. The van der Waals surface area contributed by atoms with Crippen molar-refractivity contribution in [3.8, 4) is 5.69 Å². The highest BCUT2D eigenvalue weighted by molar-refractivity contribution is 6.31. The fourth-order valence-electron chi connectivity index (χ4n) is 2.48. The Hall–Kier alpha value is -3.13. The first-order chi connectivity index (χ1) is 13.0. The minimum Gasteiger partial charge on any atom is -0.462 e. The summed E-state index contributed by atoms with van der Waals surface area (Å²) in [6.07, 6.45) is 2.85. The van der Waals surface area contributed by atoms with E-state index in [9.17, 15) is 9.59 Å². The lowest BCUT2D eigenvalue weighted by Gasteiger charge is -2.11. The van der Waals surface area contributed by atoms with Crippen LogP contribution in [0, 0.1) is 6.92 Å². The molecular formula is C18H18ClN5O3. The van der Waals surface area contributed by atoms with Crippen LogP contribution in [-0.4, -0.2) is 38.0 Å². The molecule has 27 heavy (non-hydrogen) atoms. The average molecular weight is 388 g/mol. The summed E-state index contributed by atoms with van der Waals surface area (Å²) in [5, 5.41) is 11.5. The van der Waals surface area contributed by atoms with Crippen LogP contribution in [0.4, 0.5) is 5.82 Å². The third kappa shape index (κ3) is 4.01. The first-order valence-electron chi connectivity index (χ1n) is 8.29. The minimum atomic E-state index is -0.562. The van der Waals surface area contributed by atoms with Crippen LogP contribution in [0.25, 0.3) is 5.69 Å². The van der Waals surface area contributed by atoms with Crippen LogP contribution < -0.4 is 5.32 Å². The molecule has 3 aromatic rings. The Morgan fingerprint density at radius 1 is 1.19 bits per heavy atom. The molecule has 0 aliphatic carbocycles. The van der Waals surface area contributed by atoms with Gasteiger partial charge in [0.05, 0.1) is 35.4 Å². The van der Waals surface area contributed by atoms with Gasteiger partial charge in [-0.25, -0.2) is 9.48 Å². The molecule has 0 bridgehead atoms. The highest BCUT2D eigenvalue weighted by Gasteiger charge is 2.22. The van der Waals surface area contributed by atoms with Crippen LogP contribution in [0.15, 0.2) is 42.7 Å². The maximum atomic E-state index is 12.5. The standard InChI is InChI=1S/C18H18ClN5O3/c1-3-27-18(26)14-9-21-24(13-7-5-4-6-8-13)17(14)22-16(25)11-23-12(2)15(19)10-20-23/h4-10H,3,11H2,1-2H3,(H,22,25).